The molecule has 0 saturated carbocycles. The smallest absolute Gasteiger partial charge is 0.148 e. The van der Waals surface area contributed by atoms with Gasteiger partial charge in [0.1, 0.15) is 18.0 Å². The monoisotopic (exact) mass is 223 g/mol. The molecule has 0 bridgehead atoms. The Morgan fingerprint density at radius 2 is 2.06 bits per heavy atom. The summed E-state index contributed by atoms with van der Waals surface area (Å²) in [5.74, 6) is 7.17. The molecule has 0 amide bonds. The summed E-state index contributed by atoms with van der Waals surface area (Å²) in [6.45, 7) is 5.27. The van der Waals surface area contributed by atoms with Gasteiger partial charge in [-0.2, -0.15) is 0 Å². The Kier molecular flexibility index (Phi) is 4.98. The van der Waals surface area contributed by atoms with Gasteiger partial charge in [0.05, 0.1) is 0 Å². The van der Waals surface area contributed by atoms with E-state index in [2.05, 4.69) is 34.1 Å². The van der Waals surface area contributed by atoms with E-state index in [0.717, 1.165) is 43.0 Å². The molecule has 16 heavy (non-hydrogen) atoms. The zero-order valence-electron chi connectivity index (χ0n) is 10.3. The molecule has 5 nitrogen and oxygen atoms in total. The van der Waals surface area contributed by atoms with Crippen LogP contribution in [0.4, 0.5) is 11.6 Å². The quantitative estimate of drug-likeness (QED) is 0.566. The number of nitrogens with one attached hydrogen (secondary N) is 1. The van der Waals surface area contributed by atoms with Gasteiger partial charge in [0.15, 0.2) is 0 Å². The summed E-state index contributed by atoms with van der Waals surface area (Å²) in [5, 5.41) is 0. The minimum Gasteiger partial charge on any atom is -0.359 e. The number of nitrogens with two attached hydrogens (primary N) is 1. The van der Waals surface area contributed by atoms with Crippen molar-refractivity contribution in [3.05, 3.63) is 11.9 Å². The van der Waals surface area contributed by atoms with Crippen molar-refractivity contribution in [3.63, 3.8) is 0 Å². The summed E-state index contributed by atoms with van der Waals surface area (Å²) < 4.78 is 0. The molecule has 0 atom stereocenters. The van der Waals surface area contributed by atoms with E-state index >= 15 is 0 Å². The van der Waals surface area contributed by atoms with Crippen LogP contribution in [-0.2, 0) is 6.42 Å². The highest BCUT2D eigenvalue weighted by molar-refractivity contribution is 5.58. The van der Waals surface area contributed by atoms with Crippen LogP contribution < -0.4 is 16.2 Å². The summed E-state index contributed by atoms with van der Waals surface area (Å²) in [5.41, 5.74) is 3.74. The maximum atomic E-state index is 5.47. The SMILES string of the molecule is CCCc1c(NN)ncnc1N(C)CCC. The number of aromatic nitrogens is 2. The lowest BCUT2D eigenvalue weighted by Gasteiger charge is -2.21. The second kappa shape index (κ2) is 6.27. The summed E-state index contributed by atoms with van der Waals surface area (Å²) in [7, 11) is 2.05. The highest BCUT2D eigenvalue weighted by Crippen LogP contribution is 2.23. The molecule has 0 saturated heterocycles. The summed E-state index contributed by atoms with van der Waals surface area (Å²) in [6, 6.07) is 0. The first-order chi connectivity index (χ1) is 7.74. The molecule has 0 spiro atoms. The molecular formula is C11H21N5. The van der Waals surface area contributed by atoms with Crippen LogP contribution in [-0.4, -0.2) is 23.6 Å². The Hall–Kier alpha value is -1.36. The van der Waals surface area contributed by atoms with E-state index in [9.17, 15) is 0 Å². The van der Waals surface area contributed by atoms with E-state index in [1.165, 1.54) is 0 Å². The van der Waals surface area contributed by atoms with E-state index in [4.69, 9.17) is 5.84 Å². The number of hydrogen-bond donors (Lipinski definition) is 2. The zero-order valence-corrected chi connectivity index (χ0v) is 10.3. The third-order valence-corrected chi connectivity index (χ3v) is 2.48. The fourth-order valence-corrected chi connectivity index (χ4v) is 1.78. The van der Waals surface area contributed by atoms with Crippen LogP contribution in [0.1, 0.15) is 32.3 Å². The van der Waals surface area contributed by atoms with Gasteiger partial charge in [-0.3, -0.25) is 0 Å². The van der Waals surface area contributed by atoms with Gasteiger partial charge in [0.2, 0.25) is 0 Å². The predicted octanol–water partition coefficient (Wildman–Crippen LogP) is 1.56. The van der Waals surface area contributed by atoms with Crippen molar-refractivity contribution in [2.75, 3.05) is 23.9 Å². The number of nitrogens with zero attached hydrogens (tertiary/aromatic N) is 3. The van der Waals surface area contributed by atoms with Gasteiger partial charge < -0.3 is 10.3 Å². The maximum absolute atomic E-state index is 5.47. The molecule has 1 heterocycles. The third kappa shape index (κ3) is 2.82. The molecule has 0 aliphatic carbocycles. The lowest BCUT2D eigenvalue weighted by molar-refractivity contribution is 0.812. The number of hydrazine groups is 1. The Labute approximate surface area is 97.0 Å². The van der Waals surface area contributed by atoms with Gasteiger partial charge in [0, 0.05) is 19.2 Å². The molecule has 0 fully saturated rings. The third-order valence-electron chi connectivity index (χ3n) is 2.48. The van der Waals surface area contributed by atoms with Crippen molar-refractivity contribution in [2.24, 2.45) is 5.84 Å². The number of rotatable bonds is 6. The van der Waals surface area contributed by atoms with Gasteiger partial charge >= 0.3 is 0 Å². The second-order valence-electron chi connectivity index (χ2n) is 3.84. The van der Waals surface area contributed by atoms with E-state index < -0.39 is 0 Å². The average Bonchev–Trinajstić information content (AvgIpc) is 2.30. The first-order valence-corrected chi connectivity index (χ1v) is 5.76. The fraction of sp³-hybridized carbons (Fsp3) is 0.636. The Morgan fingerprint density at radius 1 is 1.31 bits per heavy atom. The molecule has 3 N–H and O–H groups in total. The standard InChI is InChI=1S/C11H21N5/c1-4-6-9-10(15-12)13-8-14-11(9)16(3)7-5-2/h8H,4-7,12H2,1-3H3,(H,13,14,15). The Bertz CT molecular complexity index is 326. The topological polar surface area (TPSA) is 67.1 Å². The Morgan fingerprint density at radius 3 is 2.62 bits per heavy atom. The van der Waals surface area contributed by atoms with Crippen molar-refractivity contribution >= 4 is 11.6 Å². The molecule has 0 radical (unpaired) electrons. The van der Waals surface area contributed by atoms with Crippen LogP contribution >= 0.6 is 0 Å². The normalized spacial score (nSPS) is 10.2. The molecule has 90 valence electrons. The summed E-state index contributed by atoms with van der Waals surface area (Å²) >= 11 is 0. The molecule has 5 heteroatoms. The number of anilines is 2. The second-order valence-corrected chi connectivity index (χ2v) is 3.84. The van der Waals surface area contributed by atoms with Crippen molar-refractivity contribution in [1.82, 2.24) is 9.97 Å². The fourth-order valence-electron chi connectivity index (χ4n) is 1.78. The number of nitrogen functional groups attached to an aromatic ring is 1. The van der Waals surface area contributed by atoms with Gasteiger partial charge in [-0.15, -0.1) is 0 Å². The molecule has 1 aromatic rings. The first kappa shape index (κ1) is 12.7. The average molecular weight is 223 g/mol. The predicted molar refractivity (Wildman–Crippen MR) is 67.4 cm³/mol. The molecule has 0 aromatic carbocycles. The first-order valence-electron chi connectivity index (χ1n) is 5.76. The summed E-state index contributed by atoms with van der Waals surface area (Å²) in [4.78, 5) is 10.6. The highest BCUT2D eigenvalue weighted by Gasteiger charge is 2.12. The lowest BCUT2D eigenvalue weighted by atomic mass is 10.1. The highest BCUT2D eigenvalue weighted by atomic mass is 15.3. The van der Waals surface area contributed by atoms with Crippen LogP contribution in [0.3, 0.4) is 0 Å². The van der Waals surface area contributed by atoms with Gasteiger partial charge in [-0.1, -0.05) is 20.3 Å². The van der Waals surface area contributed by atoms with Crippen LogP contribution in [0.5, 0.6) is 0 Å². The van der Waals surface area contributed by atoms with Gasteiger partial charge in [0.25, 0.3) is 0 Å². The van der Waals surface area contributed by atoms with Crippen LogP contribution in [0, 0.1) is 0 Å². The Balaban J connectivity index is 3.05. The van der Waals surface area contributed by atoms with Crippen molar-refractivity contribution in [3.8, 4) is 0 Å². The van der Waals surface area contributed by atoms with Crippen LogP contribution in [0.25, 0.3) is 0 Å². The van der Waals surface area contributed by atoms with E-state index in [-0.39, 0.29) is 0 Å². The van der Waals surface area contributed by atoms with E-state index in [1.807, 2.05) is 7.05 Å². The van der Waals surface area contributed by atoms with Crippen molar-refractivity contribution < 1.29 is 0 Å². The van der Waals surface area contributed by atoms with E-state index in [0.29, 0.717) is 0 Å². The minimum atomic E-state index is 0.731. The minimum absolute atomic E-state index is 0.731. The lowest BCUT2D eigenvalue weighted by Crippen LogP contribution is -2.22. The largest absolute Gasteiger partial charge is 0.359 e. The van der Waals surface area contributed by atoms with Crippen molar-refractivity contribution in [1.29, 1.82) is 0 Å². The zero-order chi connectivity index (χ0) is 12.0. The van der Waals surface area contributed by atoms with Crippen molar-refractivity contribution in [2.45, 2.75) is 33.1 Å². The molecule has 0 aliphatic heterocycles. The molecule has 0 unspecified atom stereocenters. The molecule has 0 aliphatic rings. The number of hydrogen-bond acceptors (Lipinski definition) is 5. The van der Waals surface area contributed by atoms with E-state index in [1.54, 1.807) is 6.33 Å². The van der Waals surface area contributed by atoms with Gasteiger partial charge in [-0.25, -0.2) is 15.8 Å². The van der Waals surface area contributed by atoms with Gasteiger partial charge in [-0.05, 0) is 12.8 Å². The molecule has 1 rings (SSSR count). The van der Waals surface area contributed by atoms with Crippen LogP contribution in [0.2, 0.25) is 0 Å². The van der Waals surface area contributed by atoms with Crippen LogP contribution in [0.15, 0.2) is 6.33 Å². The molecular weight excluding hydrogens is 202 g/mol. The maximum Gasteiger partial charge on any atom is 0.148 e. The molecule has 1 aromatic heterocycles. The summed E-state index contributed by atoms with van der Waals surface area (Å²) in [6.07, 6.45) is 4.63.